The van der Waals surface area contributed by atoms with Crippen LogP contribution >= 0.6 is 0 Å². The van der Waals surface area contributed by atoms with E-state index in [1.165, 1.54) is 13.8 Å². The van der Waals surface area contributed by atoms with E-state index in [4.69, 9.17) is 33.2 Å². The molecular weight excluding hydrogens is 764 g/mol. The molecule has 4 aliphatic rings. The fourth-order valence-electron chi connectivity index (χ4n) is 7.24. The number of carboxylic acids is 1. The maximum atomic E-state index is 12.9. The Morgan fingerprint density at radius 3 is 1.84 bits per heavy atom. The van der Waals surface area contributed by atoms with Gasteiger partial charge in [0.25, 0.3) is 5.79 Å². The van der Waals surface area contributed by atoms with Crippen LogP contribution in [0.5, 0.6) is 0 Å². The molecule has 4 fully saturated rings. The lowest BCUT2D eigenvalue weighted by Crippen LogP contribution is -2.71. The largest absolute Gasteiger partial charge is 0.477 e. The van der Waals surface area contributed by atoms with E-state index in [0.717, 1.165) is 13.8 Å². The second-order valence-electron chi connectivity index (χ2n) is 14.3. The third-order valence-electron chi connectivity index (χ3n) is 10.2. The van der Waals surface area contributed by atoms with Crippen LogP contribution in [-0.2, 0) is 47.5 Å². The molecule has 21 atom stereocenters. The highest BCUT2D eigenvalue weighted by atomic mass is 16.8. The molecule has 4 heterocycles. The summed E-state index contributed by atoms with van der Waals surface area (Å²) in [4.78, 5) is 37.1. The molecule has 14 N–H and O–H groups in total. The second kappa shape index (κ2) is 19.2. The molecule has 4 rings (SSSR count). The van der Waals surface area contributed by atoms with Crippen LogP contribution in [0.15, 0.2) is 0 Å². The number of amides is 2. The van der Waals surface area contributed by atoms with E-state index < -0.39 is 172 Å². The van der Waals surface area contributed by atoms with Gasteiger partial charge < -0.3 is 105 Å². The molecule has 0 radical (unpaired) electrons. The molecule has 0 aromatic rings. The minimum atomic E-state index is -3.08. The molecule has 7 unspecified atom stereocenters. The summed E-state index contributed by atoms with van der Waals surface area (Å²) >= 11 is 0. The Kier molecular flexibility index (Phi) is 15.9. The molecule has 24 nitrogen and oxygen atoms in total. The molecule has 0 spiro atoms. The number of aliphatic carboxylic acids is 1. The number of carbonyl (C=O) groups is 3. The Labute approximate surface area is 319 Å². The first-order valence-corrected chi connectivity index (χ1v) is 17.9. The summed E-state index contributed by atoms with van der Waals surface area (Å²) in [6.07, 6.45) is -32.7. The average Bonchev–Trinajstić information content (AvgIpc) is 3.14. The summed E-state index contributed by atoms with van der Waals surface area (Å²) < 4.78 is 40.6. The summed E-state index contributed by atoms with van der Waals surface area (Å²) in [5.74, 6) is -6.45. The summed E-state index contributed by atoms with van der Waals surface area (Å²) in [6.45, 7) is 2.17. The van der Waals surface area contributed by atoms with Crippen molar-refractivity contribution in [3.05, 3.63) is 0 Å². The van der Waals surface area contributed by atoms with E-state index in [2.05, 4.69) is 10.6 Å². The van der Waals surface area contributed by atoms with Crippen molar-refractivity contribution in [2.24, 2.45) is 0 Å². The monoisotopic (exact) mass is 818 g/mol. The lowest BCUT2D eigenvalue weighted by atomic mass is 9.88. The van der Waals surface area contributed by atoms with Gasteiger partial charge in [0.15, 0.2) is 12.6 Å². The van der Waals surface area contributed by atoms with Crippen molar-refractivity contribution in [2.45, 2.75) is 162 Å². The first-order chi connectivity index (χ1) is 26.2. The van der Waals surface area contributed by atoms with Crippen molar-refractivity contribution in [1.29, 1.82) is 0 Å². The van der Waals surface area contributed by atoms with Crippen LogP contribution in [0.1, 0.15) is 34.1 Å². The van der Waals surface area contributed by atoms with Gasteiger partial charge in [-0.1, -0.05) is 0 Å². The fourth-order valence-corrected chi connectivity index (χ4v) is 7.24. The zero-order chi connectivity index (χ0) is 42.0. The molecule has 0 aromatic carbocycles. The van der Waals surface area contributed by atoms with Crippen LogP contribution in [0.2, 0.25) is 0 Å². The molecule has 0 bridgehead atoms. The number of rotatable bonds is 14. The van der Waals surface area contributed by atoms with Crippen molar-refractivity contribution in [2.75, 3.05) is 19.8 Å². The van der Waals surface area contributed by atoms with Gasteiger partial charge in [0.1, 0.15) is 79.4 Å². The number of aliphatic hydroxyl groups is 11. The maximum absolute atomic E-state index is 12.9. The van der Waals surface area contributed by atoms with Crippen molar-refractivity contribution in [3.8, 4) is 0 Å². The van der Waals surface area contributed by atoms with Gasteiger partial charge in [-0.3, -0.25) is 9.59 Å². The highest BCUT2D eigenvalue weighted by molar-refractivity contribution is 5.76. The lowest BCUT2D eigenvalue weighted by Gasteiger charge is -2.51. The highest BCUT2D eigenvalue weighted by Crippen LogP contribution is 2.39. The van der Waals surface area contributed by atoms with E-state index in [1.54, 1.807) is 0 Å². The van der Waals surface area contributed by atoms with Gasteiger partial charge in [0.05, 0.1) is 50.2 Å². The van der Waals surface area contributed by atoms with Gasteiger partial charge in [-0.15, -0.1) is 0 Å². The van der Waals surface area contributed by atoms with E-state index in [1.807, 2.05) is 0 Å². The van der Waals surface area contributed by atoms with Crippen LogP contribution in [0.25, 0.3) is 0 Å². The highest BCUT2D eigenvalue weighted by Gasteiger charge is 2.60. The third kappa shape index (κ3) is 9.75. The third-order valence-corrected chi connectivity index (χ3v) is 10.2. The Balaban J connectivity index is 1.71. The number of aliphatic hydroxyl groups excluding tert-OH is 11. The zero-order valence-electron chi connectivity index (χ0n) is 30.8. The number of hydrogen-bond acceptors (Lipinski definition) is 21. The fraction of sp³-hybridized carbons (Fsp3) is 0.906. The maximum Gasteiger partial charge on any atom is 0.364 e. The van der Waals surface area contributed by atoms with E-state index in [-0.39, 0.29) is 0 Å². The predicted molar refractivity (Wildman–Crippen MR) is 176 cm³/mol. The predicted octanol–water partition coefficient (Wildman–Crippen LogP) is -8.16. The number of hydrogen-bond donors (Lipinski definition) is 14. The van der Waals surface area contributed by atoms with Crippen LogP contribution < -0.4 is 10.6 Å². The summed E-state index contributed by atoms with van der Waals surface area (Å²) in [7, 11) is 0. The zero-order valence-corrected chi connectivity index (χ0v) is 30.8. The molecule has 324 valence electrons. The van der Waals surface area contributed by atoms with Crippen molar-refractivity contribution in [3.63, 3.8) is 0 Å². The SMILES string of the molecule is CC(=O)NC1[C@H](C)OC(CO)[C@@H](O[C@@H]2OC(CO)[C@H](O)[C@H](O[C@]3(C(=O)O)C[C@@H](O)[C@@H](NC(C)=O)C([C@H](O)[C@H](O)CO)O3)C2O)[C@@H]1O[C@@H]1OC(C)[C@@H](O)[C@H](O)C1O. The lowest BCUT2D eigenvalue weighted by molar-refractivity contribution is -0.385. The van der Waals surface area contributed by atoms with E-state index >= 15 is 0 Å². The Bertz CT molecular complexity index is 1330. The van der Waals surface area contributed by atoms with Crippen LogP contribution in [0, 0.1) is 0 Å². The van der Waals surface area contributed by atoms with Gasteiger partial charge >= 0.3 is 5.97 Å². The normalized spacial score (nSPS) is 45.7. The van der Waals surface area contributed by atoms with Gasteiger partial charge in [0, 0.05) is 20.3 Å². The van der Waals surface area contributed by atoms with Crippen molar-refractivity contribution in [1.82, 2.24) is 10.6 Å². The average molecular weight is 819 g/mol. The molecule has 0 aliphatic carbocycles. The summed E-state index contributed by atoms with van der Waals surface area (Å²) in [5, 5.41) is 131. The number of carbonyl (C=O) groups excluding carboxylic acids is 2. The summed E-state index contributed by atoms with van der Waals surface area (Å²) in [6, 6.07) is -2.76. The Hall–Kier alpha value is -2.31. The van der Waals surface area contributed by atoms with E-state index in [9.17, 15) is 75.7 Å². The van der Waals surface area contributed by atoms with Crippen LogP contribution in [0.3, 0.4) is 0 Å². The topological polar surface area (TPSA) is 383 Å². The van der Waals surface area contributed by atoms with E-state index in [0.29, 0.717) is 0 Å². The summed E-state index contributed by atoms with van der Waals surface area (Å²) in [5.41, 5.74) is 0. The standard InChI is InChI=1S/C32H54N2O22/c1-9-17(33-11(3)38)27(54-29-23(46)22(45)19(42)10(2)51-29)25(16(8-37)50-9)53-30-24(47)28(21(44)15(7-36)52-30)56-32(31(48)49)5-13(40)18(34-12(4)39)26(55-32)20(43)14(41)6-35/h9-10,13-30,35-37,40-47H,5-8H2,1-4H3,(H,33,38)(H,34,39)(H,48,49)/t9-,10?,13+,14+,15?,16?,17?,18+,19+,20+,21-,22-,23?,24?,25+,26?,27+,28-,29-,30-,32-/m0/s1. The molecule has 0 saturated carbocycles. The van der Waals surface area contributed by atoms with Gasteiger partial charge in [0.2, 0.25) is 11.8 Å². The van der Waals surface area contributed by atoms with Crippen molar-refractivity contribution >= 4 is 17.8 Å². The molecular formula is C32H54N2O22. The Morgan fingerprint density at radius 2 is 1.29 bits per heavy atom. The molecule has 2 amide bonds. The minimum absolute atomic E-state index is 0.607. The van der Waals surface area contributed by atoms with Gasteiger partial charge in [-0.05, 0) is 13.8 Å². The Morgan fingerprint density at radius 1 is 0.714 bits per heavy atom. The quantitative estimate of drug-likeness (QED) is 0.0774. The minimum Gasteiger partial charge on any atom is -0.477 e. The number of nitrogens with one attached hydrogen (secondary N) is 2. The van der Waals surface area contributed by atoms with Gasteiger partial charge in [-0.25, -0.2) is 4.79 Å². The van der Waals surface area contributed by atoms with Crippen LogP contribution in [-0.4, -0.2) is 227 Å². The molecule has 0 aromatic heterocycles. The molecule has 4 aliphatic heterocycles. The smallest absolute Gasteiger partial charge is 0.364 e. The second-order valence-corrected chi connectivity index (χ2v) is 14.3. The van der Waals surface area contributed by atoms with Gasteiger partial charge in [-0.2, -0.15) is 0 Å². The molecule has 56 heavy (non-hydrogen) atoms. The van der Waals surface area contributed by atoms with Crippen molar-refractivity contribution < 1.29 is 109 Å². The number of carboxylic acid groups (broad SMARTS) is 1. The number of ether oxygens (including phenoxy) is 7. The first-order valence-electron chi connectivity index (χ1n) is 17.9. The molecule has 24 heteroatoms. The van der Waals surface area contributed by atoms with Crippen LogP contribution in [0.4, 0.5) is 0 Å². The molecule has 4 saturated heterocycles. The first kappa shape index (κ1) is 46.4.